The molecular formula is C13H12ClN3O2. The Morgan fingerprint density at radius 3 is 2.95 bits per heavy atom. The molecule has 3 N–H and O–H groups in total. The maximum Gasteiger partial charge on any atom is 0.316 e. The van der Waals surface area contributed by atoms with E-state index < -0.39 is 6.03 Å². The number of pyridine rings is 1. The Hall–Kier alpha value is -2.27. The molecule has 1 heterocycles. The molecule has 2 amide bonds. The number of hydrogen-bond acceptors (Lipinski definition) is 3. The van der Waals surface area contributed by atoms with Crippen LogP contribution in [-0.4, -0.2) is 11.0 Å². The highest BCUT2D eigenvalue weighted by atomic mass is 35.5. The molecule has 0 saturated heterocycles. The van der Waals surface area contributed by atoms with Gasteiger partial charge in [-0.15, -0.1) is 0 Å². The third-order valence-corrected chi connectivity index (χ3v) is 2.71. The van der Waals surface area contributed by atoms with Crippen LogP contribution < -0.4 is 15.8 Å². The van der Waals surface area contributed by atoms with Crippen LogP contribution in [0.4, 0.5) is 10.5 Å². The van der Waals surface area contributed by atoms with E-state index in [-0.39, 0.29) is 6.61 Å². The first-order valence-electron chi connectivity index (χ1n) is 5.53. The first-order valence-corrected chi connectivity index (χ1v) is 5.90. The Morgan fingerprint density at radius 2 is 2.26 bits per heavy atom. The number of urea groups is 1. The Bertz CT molecular complexity index is 575. The first-order chi connectivity index (χ1) is 9.15. The predicted octanol–water partition coefficient (Wildman–Crippen LogP) is 2.80. The van der Waals surface area contributed by atoms with Gasteiger partial charge < -0.3 is 15.8 Å². The third kappa shape index (κ3) is 3.86. The number of benzene rings is 1. The molecule has 98 valence electrons. The highest BCUT2D eigenvalue weighted by molar-refractivity contribution is 6.31. The predicted molar refractivity (Wildman–Crippen MR) is 73.2 cm³/mol. The number of nitrogens with one attached hydrogen (secondary N) is 1. The molecule has 0 radical (unpaired) electrons. The van der Waals surface area contributed by atoms with E-state index in [1.807, 2.05) is 0 Å². The summed E-state index contributed by atoms with van der Waals surface area (Å²) in [5.41, 5.74) is 6.37. The van der Waals surface area contributed by atoms with Gasteiger partial charge in [0.05, 0.1) is 6.20 Å². The maximum atomic E-state index is 10.8. The van der Waals surface area contributed by atoms with Gasteiger partial charge in [0.15, 0.2) is 0 Å². The van der Waals surface area contributed by atoms with Gasteiger partial charge in [-0.05, 0) is 30.3 Å². The summed E-state index contributed by atoms with van der Waals surface area (Å²) >= 11 is 6.06. The molecule has 0 aliphatic carbocycles. The monoisotopic (exact) mass is 277 g/mol. The van der Waals surface area contributed by atoms with Crippen molar-refractivity contribution in [3.05, 3.63) is 53.3 Å². The molecule has 0 aliphatic heterocycles. The Kier molecular flexibility index (Phi) is 4.20. The molecule has 1 aromatic carbocycles. The van der Waals surface area contributed by atoms with E-state index in [9.17, 15) is 4.79 Å². The third-order valence-electron chi connectivity index (χ3n) is 2.34. The van der Waals surface area contributed by atoms with Crippen molar-refractivity contribution >= 4 is 23.3 Å². The van der Waals surface area contributed by atoms with Gasteiger partial charge >= 0.3 is 6.03 Å². The Labute approximate surface area is 115 Å². The average molecular weight is 278 g/mol. The van der Waals surface area contributed by atoms with Crippen LogP contribution in [0.1, 0.15) is 5.56 Å². The molecule has 19 heavy (non-hydrogen) atoms. The minimum Gasteiger partial charge on any atom is -0.487 e. The van der Waals surface area contributed by atoms with Gasteiger partial charge in [0.1, 0.15) is 12.4 Å². The number of amides is 2. The number of hydrogen-bond donors (Lipinski definition) is 2. The summed E-state index contributed by atoms with van der Waals surface area (Å²) in [5.74, 6) is 0.645. The summed E-state index contributed by atoms with van der Waals surface area (Å²) in [6, 6.07) is 8.01. The van der Waals surface area contributed by atoms with Gasteiger partial charge in [0.25, 0.3) is 0 Å². The number of ether oxygens (including phenoxy) is 1. The van der Waals surface area contributed by atoms with E-state index in [0.29, 0.717) is 16.5 Å². The summed E-state index contributed by atoms with van der Waals surface area (Å²) in [4.78, 5) is 14.7. The molecule has 0 aliphatic rings. The minimum absolute atomic E-state index is 0.277. The highest BCUT2D eigenvalue weighted by Crippen LogP contribution is 2.22. The van der Waals surface area contributed by atoms with Crippen LogP contribution in [0.15, 0.2) is 42.7 Å². The maximum absolute atomic E-state index is 10.8. The van der Waals surface area contributed by atoms with Crippen LogP contribution >= 0.6 is 11.6 Å². The van der Waals surface area contributed by atoms with Crippen molar-refractivity contribution in [2.45, 2.75) is 6.61 Å². The zero-order valence-electron chi connectivity index (χ0n) is 9.97. The van der Waals surface area contributed by atoms with Gasteiger partial charge in [-0.25, -0.2) is 4.79 Å². The molecule has 0 spiro atoms. The number of aromatic nitrogens is 1. The molecule has 0 unspecified atom stereocenters. The number of carbonyl (C=O) groups excluding carboxylic acids is 1. The smallest absolute Gasteiger partial charge is 0.316 e. The van der Waals surface area contributed by atoms with Gasteiger partial charge in [-0.1, -0.05) is 11.6 Å². The summed E-state index contributed by atoms with van der Waals surface area (Å²) in [6.45, 7) is 0.277. The second-order valence-electron chi connectivity index (χ2n) is 3.77. The van der Waals surface area contributed by atoms with E-state index in [1.165, 1.54) is 0 Å². The highest BCUT2D eigenvalue weighted by Gasteiger charge is 2.05. The number of rotatable bonds is 4. The lowest BCUT2D eigenvalue weighted by Crippen LogP contribution is -2.19. The van der Waals surface area contributed by atoms with Crippen LogP contribution in [-0.2, 0) is 6.61 Å². The van der Waals surface area contributed by atoms with E-state index in [0.717, 1.165) is 5.56 Å². The molecule has 2 aromatic rings. The minimum atomic E-state index is -0.624. The van der Waals surface area contributed by atoms with Crippen LogP contribution in [0.2, 0.25) is 5.02 Å². The van der Waals surface area contributed by atoms with E-state index >= 15 is 0 Å². The molecular weight excluding hydrogens is 266 g/mol. The van der Waals surface area contributed by atoms with Crippen LogP contribution in [0.25, 0.3) is 0 Å². The average Bonchev–Trinajstić information content (AvgIpc) is 2.40. The van der Waals surface area contributed by atoms with Crippen LogP contribution in [0.5, 0.6) is 5.75 Å². The van der Waals surface area contributed by atoms with E-state index in [4.69, 9.17) is 22.1 Å². The lowest BCUT2D eigenvalue weighted by atomic mass is 10.2. The molecule has 5 nitrogen and oxygen atoms in total. The molecule has 0 bridgehead atoms. The van der Waals surface area contributed by atoms with E-state index in [1.54, 1.807) is 42.7 Å². The van der Waals surface area contributed by atoms with Crippen molar-refractivity contribution in [3.8, 4) is 5.75 Å². The zero-order chi connectivity index (χ0) is 13.7. The van der Waals surface area contributed by atoms with Gasteiger partial charge in [0, 0.05) is 22.5 Å². The summed E-state index contributed by atoms with van der Waals surface area (Å²) < 4.78 is 5.54. The Morgan fingerprint density at radius 1 is 1.42 bits per heavy atom. The number of carbonyl (C=O) groups is 1. The largest absolute Gasteiger partial charge is 0.487 e. The summed E-state index contributed by atoms with van der Waals surface area (Å²) in [6.07, 6.45) is 3.27. The lowest BCUT2D eigenvalue weighted by Gasteiger charge is -2.09. The Balaban J connectivity index is 2.08. The van der Waals surface area contributed by atoms with Crippen LogP contribution in [0, 0.1) is 0 Å². The number of primary amides is 1. The van der Waals surface area contributed by atoms with Crippen molar-refractivity contribution < 1.29 is 9.53 Å². The van der Waals surface area contributed by atoms with Crippen molar-refractivity contribution in [2.75, 3.05) is 5.32 Å². The molecule has 0 atom stereocenters. The molecule has 0 saturated carbocycles. The molecule has 0 fully saturated rings. The van der Waals surface area contributed by atoms with Crippen molar-refractivity contribution in [2.24, 2.45) is 5.73 Å². The van der Waals surface area contributed by atoms with Gasteiger partial charge in [-0.3, -0.25) is 4.98 Å². The van der Waals surface area contributed by atoms with E-state index in [2.05, 4.69) is 10.3 Å². The summed E-state index contributed by atoms with van der Waals surface area (Å²) in [5, 5.41) is 3.04. The second-order valence-corrected chi connectivity index (χ2v) is 4.18. The lowest BCUT2D eigenvalue weighted by molar-refractivity contribution is 0.259. The molecule has 2 rings (SSSR count). The molecule has 1 aromatic heterocycles. The van der Waals surface area contributed by atoms with Gasteiger partial charge in [0.2, 0.25) is 0 Å². The van der Waals surface area contributed by atoms with Gasteiger partial charge in [-0.2, -0.15) is 0 Å². The van der Waals surface area contributed by atoms with Crippen molar-refractivity contribution in [1.82, 2.24) is 4.98 Å². The quantitative estimate of drug-likeness (QED) is 0.902. The standard InChI is InChI=1S/C13H12ClN3O2/c14-12-4-3-10(17-13(15)18)6-9(12)8-19-11-2-1-5-16-7-11/h1-7H,8H2,(H3,15,17,18). The second kappa shape index (κ2) is 6.06. The number of nitrogens with two attached hydrogens (primary N) is 1. The molecule has 6 heteroatoms. The zero-order valence-corrected chi connectivity index (χ0v) is 10.7. The number of anilines is 1. The van der Waals surface area contributed by atoms with Crippen LogP contribution in [0.3, 0.4) is 0 Å². The number of halogens is 1. The topological polar surface area (TPSA) is 77.2 Å². The first kappa shape index (κ1) is 13.2. The fourth-order valence-electron chi connectivity index (χ4n) is 1.50. The van der Waals surface area contributed by atoms with Crippen molar-refractivity contribution in [3.63, 3.8) is 0 Å². The number of nitrogens with zero attached hydrogens (tertiary/aromatic N) is 1. The van der Waals surface area contributed by atoms with Crippen molar-refractivity contribution in [1.29, 1.82) is 0 Å². The fourth-order valence-corrected chi connectivity index (χ4v) is 1.67. The normalized spacial score (nSPS) is 9.95. The SMILES string of the molecule is NC(=O)Nc1ccc(Cl)c(COc2cccnc2)c1. The fraction of sp³-hybridized carbons (Fsp3) is 0.0769. The summed E-state index contributed by atoms with van der Waals surface area (Å²) in [7, 11) is 0.